The quantitative estimate of drug-likeness (QED) is 0.817. The van der Waals surface area contributed by atoms with Crippen molar-refractivity contribution in [3.63, 3.8) is 0 Å². The maximum Gasteiger partial charge on any atom is 0.243 e. The molecular weight excluding hydrogens is 250 g/mol. The van der Waals surface area contributed by atoms with E-state index in [1.807, 2.05) is 29.5 Å². The van der Waals surface area contributed by atoms with E-state index in [0.29, 0.717) is 13.1 Å². The Hall–Kier alpha value is -1.24. The molecule has 2 N–H and O–H groups in total. The van der Waals surface area contributed by atoms with Crippen molar-refractivity contribution >= 4 is 23.2 Å². The lowest BCUT2D eigenvalue weighted by Crippen LogP contribution is -2.43. The highest BCUT2D eigenvalue weighted by Crippen LogP contribution is 2.10. The zero-order valence-corrected chi connectivity index (χ0v) is 11.6. The van der Waals surface area contributed by atoms with Gasteiger partial charge in [0.1, 0.15) is 0 Å². The smallest absolute Gasteiger partial charge is 0.243 e. The Morgan fingerprint density at radius 1 is 1.44 bits per heavy atom. The molecule has 5 nitrogen and oxygen atoms in total. The summed E-state index contributed by atoms with van der Waals surface area (Å²) in [5.41, 5.74) is 5.39. The van der Waals surface area contributed by atoms with Gasteiger partial charge in [-0.2, -0.15) is 0 Å². The normalized spacial score (nSPS) is 10.7. The van der Waals surface area contributed by atoms with Gasteiger partial charge in [-0.1, -0.05) is 6.07 Å². The van der Waals surface area contributed by atoms with Gasteiger partial charge in [0.25, 0.3) is 0 Å². The molecule has 2 amide bonds. The highest BCUT2D eigenvalue weighted by Gasteiger charge is 2.18. The molecule has 0 aliphatic carbocycles. The first-order valence-corrected chi connectivity index (χ1v) is 6.64. The molecule has 18 heavy (non-hydrogen) atoms. The second kappa shape index (κ2) is 7.25. The number of nitrogens with two attached hydrogens (primary N) is 1. The van der Waals surface area contributed by atoms with E-state index < -0.39 is 0 Å². The van der Waals surface area contributed by atoms with Crippen LogP contribution in [-0.2, 0) is 16.1 Å². The van der Waals surface area contributed by atoms with Gasteiger partial charge < -0.3 is 5.73 Å². The highest BCUT2D eigenvalue weighted by molar-refractivity contribution is 7.09. The van der Waals surface area contributed by atoms with E-state index in [4.69, 9.17) is 5.73 Å². The summed E-state index contributed by atoms with van der Waals surface area (Å²) in [6, 6.07) is 4.00. The zero-order valence-electron chi connectivity index (χ0n) is 10.8. The number of thiophene rings is 1. The van der Waals surface area contributed by atoms with Gasteiger partial charge in [0.05, 0.1) is 6.54 Å². The first kappa shape index (κ1) is 14.8. The fourth-order valence-corrected chi connectivity index (χ4v) is 2.41. The van der Waals surface area contributed by atoms with Gasteiger partial charge in [-0.05, 0) is 18.5 Å². The fourth-order valence-electron chi connectivity index (χ4n) is 1.63. The second-order valence-electron chi connectivity index (χ2n) is 4.10. The van der Waals surface area contributed by atoms with Gasteiger partial charge in [-0.25, -0.2) is 0 Å². The summed E-state index contributed by atoms with van der Waals surface area (Å²) in [7, 11) is 1.86. The molecule has 1 aromatic heterocycles. The number of rotatable bonds is 6. The maximum atomic E-state index is 11.9. The average Bonchev–Trinajstić information content (AvgIpc) is 2.77. The Morgan fingerprint density at radius 3 is 2.67 bits per heavy atom. The van der Waals surface area contributed by atoms with Gasteiger partial charge in [-0.15, -0.1) is 11.3 Å². The summed E-state index contributed by atoms with van der Waals surface area (Å²) in [5, 5.41) is 2.00. The van der Waals surface area contributed by atoms with E-state index in [-0.39, 0.29) is 24.9 Å². The summed E-state index contributed by atoms with van der Waals surface area (Å²) in [5.74, 6) is -0.457. The van der Waals surface area contributed by atoms with Crippen molar-refractivity contribution < 1.29 is 9.59 Å². The molecule has 0 saturated carbocycles. The van der Waals surface area contributed by atoms with E-state index in [1.54, 1.807) is 11.3 Å². The molecule has 1 aromatic rings. The molecule has 0 aromatic carbocycles. The monoisotopic (exact) mass is 269 g/mol. The van der Waals surface area contributed by atoms with Crippen LogP contribution < -0.4 is 5.73 Å². The Kier molecular flexibility index (Phi) is 5.97. The van der Waals surface area contributed by atoms with Crippen molar-refractivity contribution in [2.45, 2.75) is 13.5 Å². The van der Waals surface area contributed by atoms with Crippen LogP contribution in [0.4, 0.5) is 0 Å². The molecule has 1 heterocycles. The molecule has 0 aliphatic heterocycles. The van der Waals surface area contributed by atoms with Crippen LogP contribution in [0.15, 0.2) is 17.5 Å². The third-order valence-corrected chi connectivity index (χ3v) is 3.31. The molecule has 0 bridgehead atoms. The van der Waals surface area contributed by atoms with Crippen LogP contribution in [0, 0.1) is 0 Å². The van der Waals surface area contributed by atoms with Crippen LogP contribution >= 0.6 is 11.3 Å². The number of carbonyl (C=O) groups excluding carboxylic acids is 2. The number of imide groups is 1. The van der Waals surface area contributed by atoms with Crippen LogP contribution in [0.1, 0.15) is 11.8 Å². The molecule has 0 fully saturated rings. The number of nitrogens with zero attached hydrogens (tertiary/aromatic N) is 2. The van der Waals surface area contributed by atoms with Crippen molar-refractivity contribution in [2.24, 2.45) is 5.73 Å². The topological polar surface area (TPSA) is 66.6 Å². The lowest BCUT2D eigenvalue weighted by molar-refractivity contribution is -0.143. The fraction of sp³-hybridized carbons (Fsp3) is 0.500. The highest BCUT2D eigenvalue weighted by atomic mass is 32.1. The lowest BCUT2D eigenvalue weighted by Gasteiger charge is -2.22. The first-order chi connectivity index (χ1) is 8.54. The summed E-state index contributed by atoms with van der Waals surface area (Å²) in [6.45, 7) is 2.88. The van der Waals surface area contributed by atoms with Crippen molar-refractivity contribution in [2.75, 3.05) is 26.7 Å². The molecule has 0 spiro atoms. The van der Waals surface area contributed by atoms with Gasteiger partial charge >= 0.3 is 0 Å². The van der Waals surface area contributed by atoms with Crippen molar-refractivity contribution in [3.05, 3.63) is 22.4 Å². The molecule has 0 radical (unpaired) electrons. The molecule has 1 rings (SSSR count). The molecule has 100 valence electrons. The van der Waals surface area contributed by atoms with Crippen molar-refractivity contribution in [1.82, 2.24) is 9.80 Å². The van der Waals surface area contributed by atoms with Gasteiger partial charge in [0, 0.05) is 31.4 Å². The van der Waals surface area contributed by atoms with Gasteiger partial charge in [-0.3, -0.25) is 19.4 Å². The number of carbonyl (C=O) groups is 2. The standard InChI is InChI=1S/C12H19N3O2S/c1-10(16)15(6-5-13)12(17)9-14(2)8-11-4-3-7-18-11/h3-4,7H,5-6,8-9,13H2,1-2H3. The summed E-state index contributed by atoms with van der Waals surface area (Å²) >= 11 is 1.65. The number of hydrogen-bond acceptors (Lipinski definition) is 5. The van der Waals surface area contributed by atoms with E-state index in [2.05, 4.69) is 0 Å². The largest absolute Gasteiger partial charge is 0.329 e. The summed E-state index contributed by atoms with van der Waals surface area (Å²) in [4.78, 5) is 27.5. The van der Waals surface area contributed by atoms with E-state index in [1.165, 1.54) is 16.7 Å². The third kappa shape index (κ3) is 4.56. The Labute approximate surface area is 111 Å². The lowest BCUT2D eigenvalue weighted by atomic mass is 10.3. The molecule has 0 saturated heterocycles. The third-order valence-electron chi connectivity index (χ3n) is 2.44. The predicted octanol–water partition coefficient (Wildman–Crippen LogP) is 0.514. The average molecular weight is 269 g/mol. The second-order valence-corrected chi connectivity index (χ2v) is 5.14. The molecule has 0 aliphatic rings. The SMILES string of the molecule is CC(=O)N(CCN)C(=O)CN(C)Cc1cccs1. The Bertz CT molecular complexity index is 392. The Balaban J connectivity index is 2.49. The van der Waals surface area contributed by atoms with Crippen LogP contribution in [0.2, 0.25) is 0 Å². The van der Waals surface area contributed by atoms with Crippen molar-refractivity contribution in [1.29, 1.82) is 0 Å². The Morgan fingerprint density at radius 2 is 2.17 bits per heavy atom. The number of hydrogen-bond donors (Lipinski definition) is 1. The molecule has 0 atom stereocenters. The van der Waals surface area contributed by atoms with E-state index >= 15 is 0 Å². The maximum absolute atomic E-state index is 11.9. The van der Waals surface area contributed by atoms with Crippen LogP contribution in [-0.4, -0.2) is 48.3 Å². The number of likely N-dealkylation sites (N-methyl/N-ethyl adjacent to an activating group) is 1. The summed E-state index contributed by atoms with van der Waals surface area (Å²) < 4.78 is 0. The van der Waals surface area contributed by atoms with Crippen molar-refractivity contribution in [3.8, 4) is 0 Å². The van der Waals surface area contributed by atoms with Crippen LogP contribution in [0.3, 0.4) is 0 Å². The van der Waals surface area contributed by atoms with Crippen LogP contribution in [0.5, 0.6) is 0 Å². The molecule has 6 heteroatoms. The van der Waals surface area contributed by atoms with E-state index in [9.17, 15) is 9.59 Å². The minimum absolute atomic E-state index is 0.202. The zero-order chi connectivity index (χ0) is 13.5. The minimum Gasteiger partial charge on any atom is -0.329 e. The minimum atomic E-state index is -0.255. The van der Waals surface area contributed by atoms with Gasteiger partial charge in [0.2, 0.25) is 11.8 Å². The molecular formula is C12H19N3O2S. The van der Waals surface area contributed by atoms with Gasteiger partial charge in [0.15, 0.2) is 0 Å². The first-order valence-electron chi connectivity index (χ1n) is 5.76. The van der Waals surface area contributed by atoms with E-state index in [0.717, 1.165) is 0 Å². The van der Waals surface area contributed by atoms with Crippen LogP contribution in [0.25, 0.3) is 0 Å². The molecule has 0 unspecified atom stereocenters. The number of amides is 2. The summed E-state index contributed by atoms with van der Waals surface area (Å²) in [6.07, 6.45) is 0. The predicted molar refractivity (Wildman–Crippen MR) is 72.1 cm³/mol.